The van der Waals surface area contributed by atoms with Crippen LogP contribution in [0.25, 0.3) is 11.0 Å². The zero-order chi connectivity index (χ0) is 14.8. The summed E-state index contributed by atoms with van der Waals surface area (Å²) in [5.41, 5.74) is 1.68. The quantitative estimate of drug-likeness (QED) is 0.776. The molecular formula is C15H13FN4O. The summed E-state index contributed by atoms with van der Waals surface area (Å²) in [4.78, 5) is 23.2. The van der Waals surface area contributed by atoms with E-state index < -0.39 is 11.7 Å². The van der Waals surface area contributed by atoms with Gasteiger partial charge >= 0.3 is 0 Å². The predicted molar refractivity (Wildman–Crippen MR) is 76.2 cm³/mol. The molecule has 6 heteroatoms. The van der Waals surface area contributed by atoms with Gasteiger partial charge in [-0.05, 0) is 25.1 Å². The summed E-state index contributed by atoms with van der Waals surface area (Å²) in [5.74, 6) is -0.520. The number of hydrogen-bond donors (Lipinski definition) is 2. The molecule has 0 spiro atoms. The fraction of sp³-hybridized carbons (Fsp3) is 0.133. The monoisotopic (exact) mass is 284 g/mol. The summed E-state index contributed by atoms with van der Waals surface area (Å²) in [7, 11) is 0. The van der Waals surface area contributed by atoms with Crippen LogP contribution in [0.5, 0.6) is 0 Å². The maximum atomic E-state index is 13.5. The summed E-state index contributed by atoms with van der Waals surface area (Å²) in [5, 5.41) is 2.71. The second kappa shape index (κ2) is 5.32. The Balaban J connectivity index is 1.81. The van der Waals surface area contributed by atoms with Crippen molar-refractivity contribution in [2.45, 2.75) is 13.0 Å². The number of nitrogens with one attached hydrogen (secondary N) is 2. The molecule has 1 atom stereocenters. The van der Waals surface area contributed by atoms with Gasteiger partial charge in [0.15, 0.2) is 5.82 Å². The maximum absolute atomic E-state index is 13.5. The number of halogens is 1. The van der Waals surface area contributed by atoms with Crippen molar-refractivity contribution in [1.29, 1.82) is 0 Å². The molecule has 0 fully saturated rings. The van der Waals surface area contributed by atoms with Crippen LogP contribution in [0.1, 0.15) is 29.1 Å². The molecule has 5 nitrogen and oxygen atoms in total. The number of aromatic nitrogens is 3. The number of aromatic amines is 1. The minimum atomic E-state index is -0.646. The van der Waals surface area contributed by atoms with Crippen LogP contribution in [0.3, 0.4) is 0 Å². The van der Waals surface area contributed by atoms with Gasteiger partial charge in [-0.2, -0.15) is 0 Å². The van der Waals surface area contributed by atoms with E-state index in [0.717, 1.165) is 17.2 Å². The van der Waals surface area contributed by atoms with E-state index in [9.17, 15) is 9.18 Å². The number of pyridine rings is 1. The Bertz CT molecular complexity index is 766. The third-order valence-corrected chi connectivity index (χ3v) is 3.18. The Kier molecular flexibility index (Phi) is 3.35. The molecule has 0 bridgehead atoms. The number of benzene rings is 1. The zero-order valence-electron chi connectivity index (χ0n) is 11.3. The number of hydrogen-bond acceptors (Lipinski definition) is 3. The average molecular weight is 284 g/mol. The molecule has 106 valence electrons. The van der Waals surface area contributed by atoms with E-state index in [1.165, 1.54) is 12.3 Å². The fourth-order valence-corrected chi connectivity index (χ4v) is 2.08. The normalized spacial score (nSPS) is 12.3. The third kappa shape index (κ3) is 2.60. The lowest BCUT2D eigenvalue weighted by Crippen LogP contribution is -2.28. The number of rotatable bonds is 3. The van der Waals surface area contributed by atoms with Gasteiger partial charge in [0.05, 0.1) is 28.8 Å². The van der Waals surface area contributed by atoms with Crippen LogP contribution in [0.4, 0.5) is 4.39 Å². The number of fused-ring (bicyclic) bond motifs is 1. The van der Waals surface area contributed by atoms with Gasteiger partial charge in [0, 0.05) is 6.20 Å². The largest absolute Gasteiger partial charge is 0.342 e. The first-order valence-corrected chi connectivity index (χ1v) is 6.50. The standard InChI is InChI=1S/C15H13FN4O/c1-9(14-19-12-4-2-3-5-13(12)20-14)18-15(21)10-6-7-17-8-11(10)16/h2-9H,1H3,(H,18,21)(H,19,20). The number of H-pyrrole nitrogens is 1. The van der Waals surface area contributed by atoms with E-state index >= 15 is 0 Å². The smallest absolute Gasteiger partial charge is 0.254 e. The number of amides is 1. The summed E-state index contributed by atoms with van der Waals surface area (Å²) in [6.45, 7) is 1.79. The van der Waals surface area contributed by atoms with E-state index in [-0.39, 0.29) is 11.6 Å². The van der Waals surface area contributed by atoms with Crippen molar-refractivity contribution < 1.29 is 9.18 Å². The molecule has 3 aromatic rings. The SMILES string of the molecule is CC(NC(=O)c1ccncc1F)c1nc2ccccc2[nH]1. The van der Waals surface area contributed by atoms with E-state index in [1.807, 2.05) is 24.3 Å². The number of imidazole rings is 1. The van der Waals surface area contributed by atoms with E-state index in [4.69, 9.17) is 0 Å². The summed E-state index contributed by atoms with van der Waals surface area (Å²) < 4.78 is 13.5. The predicted octanol–water partition coefficient (Wildman–Crippen LogP) is 2.59. The van der Waals surface area contributed by atoms with E-state index in [2.05, 4.69) is 20.3 Å². The van der Waals surface area contributed by atoms with Crippen molar-refractivity contribution in [3.63, 3.8) is 0 Å². The molecular weight excluding hydrogens is 271 g/mol. The minimum Gasteiger partial charge on any atom is -0.342 e. The first kappa shape index (κ1) is 13.2. The highest BCUT2D eigenvalue weighted by molar-refractivity contribution is 5.94. The molecule has 1 unspecified atom stereocenters. The molecule has 0 aliphatic heterocycles. The van der Waals surface area contributed by atoms with E-state index in [1.54, 1.807) is 6.92 Å². The highest BCUT2D eigenvalue weighted by atomic mass is 19.1. The van der Waals surface area contributed by atoms with Gasteiger partial charge in [-0.25, -0.2) is 9.37 Å². The van der Waals surface area contributed by atoms with Gasteiger partial charge in [-0.1, -0.05) is 12.1 Å². The topological polar surface area (TPSA) is 70.7 Å². The Labute approximate surface area is 120 Å². The molecule has 0 saturated heterocycles. The maximum Gasteiger partial charge on any atom is 0.254 e. The van der Waals surface area contributed by atoms with Crippen LogP contribution in [-0.4, -0.2) is 20.9 Å². The average Bonchev–Trinajstić information content (AvgIpc) is 2.91. The Morgan fingerprint density at radius 1 is 1.33 bits per heavy atom. The first-order valence-electron chi connectivity index (χ1n) is 6.50. The number of carbonyl (C=O) groups excluding carboxylic acids is 1. The second-order valence-corrected chi connectivity index (χ2v) is 4.69. The Hall–Kier alpha value is -2.76. The minimum absolute atomic E-state index is 0.0343. The molecule has 0 aliphatic carbocycles. The van der Waals surface area contributed by atoms with Crippen LogP contribution < -0.4 is 5.32 Å². The molecule has 2 N–H and O–H groups in total. The summed E-state index contributed by atoms with van der Waals surface area (Å²) in [6, 6.07) is 8.56. The van der Waals surface area contributed by atoms with Gasteiger partial charge < -0.3 is 10.3 Å². The van der Waals surface area contributed by atoms with Crippen LogP contribution in [0, 0.1) is 5.82 Å². The lowest BCUT2D eigenvalue weighted by atomic mass is 10.2. The highest BCUT2D eigenvalue weighted by Crippen LogP contribution is 2.16. The van der Waals surface area contributed by atoms with Crippen molar-refractivity contribution in [2.24, 2.45) is 0 Å². The van der Waals surface area contributed by atoms with Crippen molar-refractivity contribution >= 4 is 16.9 Å². The number of para-hydroxylation sites is 2. The molecule has 0 aliphatic rings. The van der Waals surface area contributed by atoms with Gasteiger partial charge in [0.1, 0.15) is 5.82 Å². The van der Waals surface area contributed by atoms with Crippen LogP contribution in [0.2, 0.25) is 0 Å². The Morgan fingerprint density at radius 3 is 2.90 bits per heavy atom. The van der Waals surface area contributed by atoms with Crippen LogP contribution in [0.15, 0.2) is 42.7 Å². The van der Waals surface area contributed by atoms with Crippen molar-refractivity contribution in [2.75, 3.05) is 0 Å². The molecule has 0 radical (unpaired) electrons. The van der Waals surface area contributed by atoms with Crippen molar-refractivity contribution in [1.82, 2.24) is 20.3 Å². The molecule has 1 aromatic carbocycles. The molecule has 21 heavy (non-hydrogen) atoms. The van der Waals surface area contributed by atoms with Gasteiger partial charge in [0.25, 0.3) is 5.91 Å². The second-order valence-electron chi connectivity index (χ2n) is 4.69. The van der Waals surface area contributed by atoms with Gasteiger partial charge in [-0.3, -0.25) is 9.78 Å². The van der Waals surface area contributed by atoms with E-state index in [0.29, 0.717) is 5.82 Å². The molecule has 3 rings (SSSR count). The lowest BCUT2D eigenvalue weighted by molar-refractivity contribution is 0.0934. The third-order valence-electron chi connectivity index (χ3n) is 3.18. The van der Waals surface area contributed by atoms with Crippen molar-refractivity contribution in [3.8, 4) is 0 Å². The molecule has 1 amide bonds. The summed E-state index contributed by atoms with van der Waals surface area (Å²) in [6.07, 6.45) is 2.39. The van der Waals surface area contributed by atoms with Crippen LogP contribution in [-0.2, 0) is 0 Å². The Morgan fingerprint density at radius 2 is 2.14 bits per heavy atom. The first-order chi connectivity index (χ1) is 10.1. The van der Waals surface area contributed by atoms with Gasteiger partial charge in [-0.15, -0.1) is 0 Å². The number of carbonyl (C=O) groups is 1. The van der Waals surface area contributed by atoms with Crippen molar-refractivity contribution in [3.05, 3.63) is 59.9 Å². The zero-order valence-corrected chi connectivity index (χ0v) is 11.3. The highest BCUT2D eigenvalue weighted by Gasteiger charge is 2.17. The molecule has 0 saturated carbocycles. The number of nitrogens with zero attached hydrogens (tertiary/aromatic N) is 2. The van der Waals surface area contributed by atoms with Gasteiger partial charge in [0.2, 0.25) is 0 Å². The summed E-state index contributed by atoms with van der Waals surface area (Å²) >= 11 is 0. The fourth-order valence-electron chi connectivity index (χ4n) is 2.08. The molecule has 2 aromatic heterocycles. The molecule has 2 heterocycles. The lowest BCUT2D eigenvalue weighted by Gasteiger charge is -2.11. The van der Waals surface area contributed by atoms with Crippen LogP contribution >= 0.6 is 0 Å².